The SMILES string of the molecule is COC(=O)c1ccncc1C#CC#N. The lowest BCUT2D eigenvalue weighted by Gasteiger charge is -1.99. The molecule has 0 aliphatic heterocycles. The van der Waals surface area contributed by atoms with E-state index >= 15 is 0 Å². The van der Waals surface area contributed by atoms with Gasteiger partial charge in [-0.2, -0.15) is 5.26 Å². The second-order valence-corrected chi connectivity index (χ2v) is 2.27. The number of hydrogen-bond acceptors (Lipinski definition) is 4. The van der Waals surface area contributed by atoms with Crippen LogP contribution in [0.15, 0.2) is 18.5 Å². The molecule has 4 nitrogen and oxygen atoms in total. The maximum absolute atomic E-state index is 11.2. The van der Waals surface area contributed by atoms with Crippen molar-refractivity contribution in [2.75, 3.05) is 7.11 Å². The Hall–Kier alpha value is -2.33. The van der Waals surface area contributed by atoms with Gasteiger partial charge in [0.1, 0.15) is 0 Å². The van der Waals surface area contributed by atoms with Crippen molar-refractivity contribution in [1.82, 2.24) is 4.98 Å². The van der Waals surface area contributed by atoms with Crippen molar-refractivity contribution in [1.29, 1.82) is 5.26 Å². The molecule has 0 radical (unpaired) electrons. The molecule has 68 valence electrons. The lowest BCUT2D eigenvalue weighted by molar-refractivity contribution is 0.0600. The van der Waals surface area contributed by atoms with Gasteiger partial charge in [0.2, 0.25) is 0 Å². The number of nitrogens with zero attached hydrogens (tertiary/aromatic N) is 2. The van der Waals surface area contributed by atoms with E-state index in [1.165, 1.54) is 25.6 Å². The van der Waals surface area contributed by atoms with Crippen LogP contribution in [-0.4, -0.2) is 18.1 Å². The number of rotatable bonds is 1. The summed E-state index contributed by atoms with van der Waals surface area (Å²) in [5.74, 6) is 4.20. The van der Waals surface area contributed by atoms with E-state index in [0.717, 1.165) is 0 Å². The molecular weight excluding hydrogens is 180 g/mol. The largest absolute Gasteiger partial charge is 0.465 e. The van der Waals surface area contributed by atoms with Crippen LogP contribution in [-0.2, 0) is 4.74 Å². The summed E-state index contributed by atoms with van der Waals surface area (Å²) in [5, 5.41) is 8.25. The van der Waals surface area contributed by atoms with Gasteiger partial charge in [-0.05, 0) is 12.0 Å². The number of carbonyl (C=O) groups excluding carboxylic acids is 1. The number of esters is 1. The molecule has 4 heteroatoms. The van der Waals surface area contributed by atoms with Crippen molar-refractivity contribution in [3.8, 4) is 17.9 Å². The van der Waals surface area contributed by atoms with Gasteiger partial charge in [0.05, 0.1) is 18.2 Å². The molecule has 0 N–H and O–H groups in total. The fraction of sp³-hybridized carbons (Fsp3) is 0.100. The summed E-state index contributed by atoms with van der Waals surface area (Å²) in [7, 11) is 1.28. The number of ether oxygens (including phenoxy) is 1. The molecule has 0 aliphatic rings. The summed E-state index contributed by atoms with van der Waals surface area (Å²) in [6.07, 6.45) is 2.88. The normalized spacial score (nSPS) is 8.00. The Morgan fingerprint density at radius 1 is 1.64 bits per heavy atom. The molecule has 0 amide bonds. The minimum Gasteiger partial charge on any atom is -0.465 e. The Kier molecular flexibility index (Phi) is 3.23. The zero-order valence-corrected chi connectivity index (χ0v) is 7.44. The first-order valence-corrected chi connectivity index (χ1v) is 3.72. The van der Waals surface area contributed by atoms with Gasteiger partial charge in [0, 0.05) is 18.3 Å². The van der Waals surface area contributed by atoms with E-state index in [1.807, 2.05) is 0 Å². The molecule has 0 unspecified atom stereocenters. The third-order valence-electron chi connectivity index (χ3n) is 1.48. The third kappa shape index (κ3) is 2.09. The molecule has 1 aromatic heterocycles. The van der Waals surface area contributed by atoms with Crippen LogP contribution in [0.2, 0.25) is 0 Å². The van der Waals surface area contributed by atoms with E-state index in [0.29, 0.717) is 11.1 Å². The first-order valence-electron chi connectivity index (χ1n) is 3.72. The lowest BCUT2D eigenvalue weighted by Crippen LogP contribution is -2.04. The topological polar surface area (TPSA) is 63.0 Å². The molecular formula is C10H6N2O2. The lowest BCUT2D eigenvalue weighted by atomic mass is 10.1. The van der Waals surface area contributed by atoms with E-state index in [9.17, 15) is 4.79 Å². The zero-order valence-electron chi connectivity index (χ0n) is 7.44. The minimum atomic E-state index is -0.491. The average Bonchev–Trinajstić information content (AvgIpc) is 2.25. The highest BCUT2D eigenvalue weighted by atomic mass is 16.5. The van der Waals surface area contributed by atoms with Crippen LogP contribution in [0.5, 0.6) is 0 Å². The highest BCUT2D eigenvalue weighted by molar-refractivity contribution is 5.92. The molecule has 1 aromatic rings. The number of aromatic nitrogens is 1. The molecule has 0 bridgehead atoms. The van der Waals surface area contributed by atoms with Gasteiger partial charge in [0.15, 0.2) is 6.07 Å². The molecule has 0 saturated carbocycles. The van der Waals surface area contributed by atoms with Crippen molar-refractivity contribution in [2.24, 2.45) is 0 Å². The van der Waals surface area contributed by atoms with Crippen molar-refractivity contribution >= 4 is 5.97 Å². The standard InChI is InChI=1S/C10H6N2O2/c1-14-10(13)9-4-6-12-7-8(9)3-2-5-11/h4,6-7H,1H3. The number of hydrogen-bond donors (Lipinski definition) is 0. The fourth-order valence-electron chi connectivity index (χ4n) is 0.877. The second-order valence-electron chi connectivity index (χ2n) is 2.27. The summed E-state index contributed by atoms with van der Waals surface area (Å²) in [5.41, 5.74) is 0.700. The van der Waals surface area contributed by atoms with Crippen molar-refractivity contribution < 1.29 is 9.53 Å². The molecule has 0 spiro atoms. The summed E-state index contributed by atoms with van der Waals surface area (Å²) in [6, 6.07) is 3.15. The number of carbonyl (C=O) groups is 1. The maximum Gasteiger partial charge on any atom is 0.339 e. The molecule has 0 fully saturated rings. The van der Waals surface area contributed by atoms with Crippen LogP contribution >= 0.6 is 0 Å². The van der Waals surface area contributed by atoms with E-state index in [-0.39, 0.29) is 0 Å². The van der Waals surface area contributed by atoms with Gasteiger partial charge in [0.25, 0.3) is 0 Å². The Labute approximate surface area is 81.1 Å². The van der Waals surface area contributed by atoms with Crippen molar-refractivity contribution in [2.45, 2.75) is 0 Å². The van der Waals surface area contributed by atoms with Gasteiger partial charge >= 0.3 is 5.97 Å². The molecule has 14 heavy (non-hydrogen) atoms. The van der Waals surface area contributed by atoms with Crippen molar-refractivity contribution in [3.05, 3.63) is 29.6 Å². The number of pyridine rings is 1. The summed E-state index contributed by atoms with van der Waals surface area (Å²) >= 11 is 0. The monoisotopic (exact) mass is 186 g/mol. The van der Waals surface area contributed by atoms with Crippen LogP contribution in [0.4, 0.5) is 0 Å². The fourth-order valence-corrected chi connectivity index (χ4v) is 0.877. The van der Waals surface area contributed by atoms with Crippen LogP contribution in [0.1, 0.15) is 15.9 Å². The van der Waals surface area contributed by atoms with Crippen LogP contribution < -0.4 is 0 Å². The first-order chi connectivity index (χ1) is 6.79. The van der Waals surface area contributed by atoms with E-state index < -0.39 is 5.97 Å². The predicted octanol–water partition coefficient (Wildman–Crippen LogP) is 0.743. The van der Waals surface area contributed by atoms with Gasteiger partial charge in [-0.3, -0.25) is 4.98 Å². The average molecular weight is 186 g/mol. The minimum absolute atomic E-state index is 0.310. The van der Waals surface area contributed by atoms with E-state index in [1.54, 1.807) is 6.07 Å². The van der Waals surface area contributed by atoms with Gasteiger partial charge in [-0.1, -0.05) is 0 Å². The van der Waals surface area contributed by atoms with Crippen LogP contribution in [0.3, 0.4) is 0 Å². The molecule has 1 rings (SSSR count). The maximum atomic E-state index is 11.2. The van der Waals surface area contributed by atoms with E-state index in [2.05, 4.69) is 21.6 Å². The molecule has 0 aliphatic carbocycles. The van der Waals surface area contributed by atoms with Gasteiger partial charge in [-0.15, -0.1) is 0 Å². The Balaban J connectivity index is 3.17. The molecule has 0 saturated heterocycles. The smallest absolute Gasteiger partial charge is 0.339 e. The Bertz CT molecular complexity index is 449. The number of nitriles is 1. The molecule has 0 atom stereocenters. The van der Waals surface area contributed by atoms with E-state index in [4.69, 9.17) is 5.26 Å². The van der Waals surface area contributed by atoms with Crippen LogP contribution in [0.25, 0.3) is 0 Å². The highest BCUT2D eigenvalue weighted by Gasteiger charge is 2.09. The van der Waals surface area contributed by atoms with Gasteiger partial charge in [-0.25, -0.2) is 4.79 Å². The molecule has 1 heterocycles. The molecule has 0 aromatic carbocycles. The van der Waals surface area contributed by atoms with Gasteiger partial charge < -0.3 is 4.74 Å². The predicted molar refractivity (Wildman–Crippen MR) is 48.1 cm³/mol. The highest BCUT2D eigenvalue weighted by Crippen LogP contribution is 2.06. The zero-order chi connectivity index (χ0) is 10.4. The second kappa shape index (κ2) is 4.64. The number of methoxy groups -OCH3 is 1. The van der Waals surface area contributed by atoms with Crippen molar-refractivity contribution in [3.63, 3.8) is 0 Å². The van der Waals surface area contributed by atoms with Crippen LogP contribution in [0, 0.1) is 23.2 Å². The Morgan fingerprint density at radius 2 is 2.43 bits per heavy atom. The summed E-state index contributed by atoms with van der Waals surface area (Å²) in [6.45, 7) is 0. The quantitative estimate of drug-likeness (QED) is 0.479. The summed E-state index contributed by atoms with van der Waals surface area (Å²) in [4.78, 5) is 15.0. The summed E-state index contributed by atoms with van der Waals surface area (Å²) < 4.78 is 4.54. The Morgan fingerprint density at radius 3 is 3.07 bits per heavy atom. The third-order valence-corrected chi connectivity index (χ3v) is 1.48. The first kappa shape index (κ1) is 9.76.